The van der Waals surface area contributed by atoms with Crippen molar-refractivity contribution in [2.24, 2.45) is 0 Å². The number of hydrogen-bond donors (Lipinski definition) is 0. The first-order valence-corrected chi connectivity index (χ1v) is 10.3. The van der Waals surface area contributed by atoms with Crippen LogP contribution in [-0.2, 0) is 0 Å². The van der Waals surface area contributed by atoms with Crippen LogP contribution in [0, 0.1) is 70.4 Å². The maximum absolute atomic E-state index is 5.00. The molecule has 0 nitrogen and oxygen atoms in total. The van der Waals surface area contributed by atoms with Gasteiger partial charge >= 0.3 is 47.2 Å². The minimum Gasteiger partial charge on any atom is 0 e. The molecule has 5 heteroatoms. The van der Waals surface area contributed by atoms with E-state index in [2.05, 4.69) is 0 Å². The van der Waals surface area contributed by atoms with Crippen molar-refractivity contribution in [3.8, 4) is 0 Å². The Morgan fingerprint density at radius 3 is 1.00 bits per heavy atom. The van der Waals surface area contributed by atoms with Gasteiger partial charge in [0, 0.05) is 40.8 Å². The van der Waals surface area contributed by atoms with Crippen molar-refractivity contribution in [1.29, 1.82) is 0 Å². The van der Waals surface area contributed by atoms with Gasteiger partial charge in [0.25, 0.3) is 0 Å². The molecule has 0 saturated heterocycles. The van der Waals surface area contributed by atoms with Crippen LogP contribution < -0.4 is 0 Å². The Labute approximate surface area is 85.1 Å². The molecule has 0 aromatic heterocycles. The second-order valence-corrected chi connectivity index (χ2v) is 11.7. The molecule has 5 heavy (non-hydrogen) atoms. The minimum atomic E-state index is -2.11. The fraction of sp³-hybridized carbons (Fsp3) is 0. The van der Waals surface area contributed by atoms with Gasteiger partial charge in [-0.1, -0.05) is 0 Å². The van der Waals surface area contributed by atoms with E-state index in [0.717, 1.165) is 0 Å². The van der Waals surface area contributed by atoms with Gasteiger partial charge in [0.1, 0.15) is 0 Å². The average Bonchev–Trinajstić information content (AvgIpc) is 0.811. The van der Waals surface area contributed by atoms with E-state index in [0.29, 0.717) is 0 Å². The fourth-order valence-corrected chi connectivity index (χ4v) is 0. The predicted octanol–water partition coefficient (Wildman–Crippen LogP) is 2.07. The van der Waals surface area contributed by atoms with E-state index in [4.69, 9.17) is 17.7 Å². The molecule has 0 radical (unpaired) electrons. The maximum Gasteiger partial charge on any atom is 0 e. The SMILES string of the molecule is [Cl][Sm]([Cl])[Cl].[Nd]. The van der Waals surface area contributed by atoms with Gasteiger partial charge in [0.15, 0.2) is 0 Å². The van der Waals surface area contributed by atoms with Gasteiger partial charge in [0.2, 0.25) is 0 Å². The first kappa shape index (κ1) is 11.4. The van der Waals surface area contributed by atoms with Crippen molar-refractivity contribution >= 4 is 17.7 Å². The molecule has 0 rings (SSSR count). The van der Waals surface area contributed by atoms with Gasteiger partial charge in [0.05, 0.1) is 0 Å². The summed E-state index contributed by atoms with van der Waals surface area (Å²) in [6, 6.07) is 0. The monoisotopic (exact) mass is 399 g/mol. The van der Waals surface area contributed by atoms with Crippen LogP contribution in [0.1, 0.15) is 0 Å². The van der Waals surface area contributed by atoms with Crippen molar-refractivity contribution in [1.82, 2.24) is 0 Å². The molecular formula is Cl3NdSm. The first-order valence-electron chi connectivity index (χ1n) is 0.463. The van der Waals surface area contributed by atoms with Gasteiger partial charge in [-0.05, 0) is 0 Å². The topological polar surface area (TPSA) is 0 Å². The van der Waals surface area contributed by atoms with Crippen LogP contribution in [0.4, 0.5) is 0 Å². The number of hydrogen-bond acceptors (Lipinski definition) is 0. The Morgan fingerprint density at radius 2 is 1.00 bits per heavy atom. The fourth-order valence-electron chi connectivity index (χ4n) is 0. The first-order chi connectivity index (χ1) is 1.73. The summed E-state index contributed by atoms with van der Waals surface area (Å²) >= 11 is -2.11. The molecule has 0 aliphatic heterocycles. The smallest absolute Gasteiger partial charge is 0 e. The summed E-state index contributed by atoms with van der Waals surface area (Å²) in [4.78, 5) is 0. The molecule has 0 aromatic carbocycles. The normalized spacial score (nSPS) is 7.20. The zero-order valence-corrected chi connectivity index (χ0v) is 10.1. The van der Waals surface area contributed by atoms with Crippen molar-refractivity contribution in [2.45, 2.75) is 0 Å². The van der Waals surface area contributed by atoms with Crippen molar-refractivity contribution in [3.05, 3.63) is 0 Å². The molecule has 0 unspecified atom stereocenters. The third-order valence-corrected chi connectivity index (χ3v) is 0. The Kier molecular flexibility index (Phi) is 17.2. The quantitative estimate of drug-likeness (QED) is 0.584. The van der Waals surface area contributed by atoms with E-state index in [1.807, 2.05) is 0 Å². The standard InChI is InChI=1S/3ClH.Nd.Sm/h3*1H;;/q;;;;+3/p-3. The van der Waals surface area contributed by atoms with Crippen LogP contribution in [0.3, 0.4) is 0 Å². The zero-order valence-electron chi connectivity index (χ0n) is 2.04. The maximum atomic E-state index is 5.00. The second kappa shape index (κ2) is 7.56. The Balaban J connectivity index is 0. The molecule has 0 amide bonds. The van der Waals surface area contributed by atoms with E-state index in [1.54, 1.807) is 0 Å². The van der Waals surface area contributed by atoms with Gasteiger partial charge in [-0.3, -0.25) is 0 Å². The molecule has 0 spiro atoms. The van der Waals surface area contributed by atoms with Gasteiger partial charge in [-0.15, -0.1) is 0 Å². The third kappa shape index (κ3) is 18.4. The number of halogens is 3. The van der Waals surface area contributed by atoms with E-state index in [1.165, 1.54) is 0 Å². The molecule has 0 N–H and O–H groups in total. The molecule has 0 aromatic rings. The molecular weight excluding hydrogens is 401 g/mol. The van der Waals surface area contributed by atoms with Crippen LogP contribution in [0.25, 0.3) is 0 Å². The van der Waals surface area contributed by atoms with Gasteiger partial charge in [-0.2, -0.15) is 0 Å². The molecule has 0 heterocycles. The van der Waals surface area contributed by atoms with Crippen LogP contribution in [0.2, 0.25) is 0 Å². The van der Waals surface area contributed by atoms with Crippen LogP contribution >= 0.6 is 17.7 Å². The van der Waals surface area contributed by atoms with E-state index in [-0.39, 0.29) is 40.8 Å². The molecule has 0 bridgehead atoms. The third-order valence-electron chi connectivity index (χ3n) is 0. The Morgan fingerprint density at radius 1 is 1.00 bits per heavy atom. The molecule has 0 aliphatic carbocycles. The molecule has 31 valence electrons. The van der Waals surface area contributed by atoms with Crippen molar-refractivity contribution in [3.63, 3.8) is 0 Å². The van der Waals surface area contributed by atoms with E-state index < -0.39 is 29.6 Å². The van der Waals surface area contributed by atoms with Crippen LogP contribution in [-0.4, -0.2) is 0 Å². The summed E-state index contributed by atoms with van der Waals surface area (Å²) in [6.45, 7) is 0. The van der Waals surface area contributed by atoms with Gasteiger partial charge in [-0.25, -0.2) is 0 Å². The number of rotatable bonds is 0. The van der Waals surface area contributed by atoms with Crippen LogP contribution in [0.5, 0.6) is 0 Å². The summed E-state index contributed by atoms with van der Waals surface area (Å²) in [5.74, 6) is 15.0. The Hall–Kier alpha value is 3.56. The molecule has 0 saturated carbocycles. The summed E-state index contributed by atoms with van der Waals surface area (Å²) in [5, 5.41) is 0. The molecule has 0 fully saturated rings. The summed E-state index contributed by atoms with van der Waals surface area (Å²) in [7, 11) is 0. The van der Waals surface area contributed by atoms with Crippen molar-refractivity contribution in [2.75, 3.05) is 0 Å². The second-order valence-electron chi connectivity index (χ2n) is 0.175. The summed E-state index contributed by atoms with van der Waals surface area (Å²) in [5.41, 5.74) is 0. The molecule has 0 atom stereocenters. The van der Waals surface area contributed by atoms with Crippen LogP contribution in [0.15, 0.2) is 0 Å². The minimum absolute atomic E-state index is 0. The van der Waals surface area contributed by atoms with Crippen molar-refractivity contribution < 1.29 is 70.4 Å². The zero-order chi connectivity index (χ0) is 3.58. The largest absolute Gasteiger partial charge is 0 e. The Bertz CT molecular complexity index is 11.6. The van der Waals surface area contributed by atoms with Gasteiger partial charge < -0.3 is 0 Å². The van der Waals surface area contributed by atoms with E-state index >= 15 is 0 Å². The summed E-state index contributed by atoms with van der Waals surface area (Å²) in [6.07, 6.45) is 0. The average molecular weight is 401 g/mol. The molecule has 0 aliphatic rings. The van der Waals surface area contributed by atoms with E-state index in [9.17, 15) is 0 Å². The summed E-state index contributed by atoms with van der Waals surface area (Å²) < 4.78 is 0. The predicted molar refractivity (Wildman–Crippen MR) is 17.6 cm³/mol.